The second-order valence-corrected chi connectivity index (χ2v) is 7.13. The number of amides is 3. The molecular weight excluding hydrogens is 352 g/mol. The van der Waals surface area contributed by atoms with Gasteiger partial charge in [0.15, 0.2) is 0 Å². The van der Waals surface area contributed by atoms with Crippen molar-refractivity contribution in [2.24, 2.45) is 5.73 Å². The molecule has 3 rings (SSSR count). The van der Waals surface area contributed by atoms with E-state index < -0.39 is 30.3 Å². The number of nitrogens with one attached hydrogen (secondary N) is 3. The summed E-state index contributed by atoms with van der Waals surface area (Å²) in [5.74, 6) is -0.162. The molecule has 0 saturated carbocycles. The van der Waals surface area contributed by atoms with Crippen molar-refractivity contribution in [2.75, 3.05) is 6.54 Å². The molecule has 10 nitrogen and oxygen atoms in total. The largest absolute Gasteiger partial charge is 0.377 e. The van der Waals surface area contributed by atoms with Gasteiger partial charge in [0, 0.05) is 25.6 Å². The molecule has 0 radical (unpaired) electrons. The van der Waals surface area contributed by atoms with Crippen LogP contribution >= 0.6 is 0 Å². The van der Waals surface area contributed by atoms with E-state index in [0.29, 0.717) is 37.3 Å². The Bertz CT molecular complexity index is 718. The van der Waals surface area contributed by atoms with Crippen molar-refractivity contribution < 1.29 is 19.5 Å². The summed E-state index contributed by atoms with van der Waals surface area (Å²) in [5, 5.41) is 15.1. The molecule has 0 spiro atoms. The molecule has 0 bridgehead atoms. The molecule has 1 aromatic heterocycles. The van der Waals surface area contributed by atoms with E-state index in [2.05, 4.69) is 20.6 Å². The van der Waals surface area contributed by atoms with Crippen LogP contribution in [0.5, 0.6) is 0 Å². The summed E-state index contributed by atoms with van der Waals surface area (Å²) in [6.45, 7) is 2.28. The first-order valence-electron chi connectivity index (χ1n) is 9.20. The summed E-state index contributed by atoms with van der Waals surface area (Å²) in [7, 11) is 0. The number of H-pyrrole nitrogens is 1. The predicted molar refractivity (Wildman–Crippen MR) is 95.1 cm³/mol. The molecule has 3 heterocycles. The van der Waals surface area contributed by atoms with Crippen molar-refractivity contribution in [3.63, 3.8) is 0 Å². The van der Waals surface area contributed by atoms with Gasteiger partial charge in [-0.05, 0) is 26.2 Å². The van der Waals surface area contributed by atoms with Gasteiger partial charge in [0.1, 0.15) is 24.1 Å². The Labute approximate surface area is 156 Å². The maximum atomic E-state index is 13.1. The number of hydrogen-bond donors (Lipinski definition) is 5. The molecule has 4 atom stereocenters. The lowest BCUT2D eigenvalue weighted by molar-refractivity contribution is -0.139. The van der Waals surface area contributed by atoms with E-state index in [1.807, 2.05) is 0 Å². The third-order valence-corrected chi connectivity index (χ3v) is 5.08. The number of nitrogens with two attached hydrogens (primary N) is 1. The number of imidazole rings is 1. The first-order chi connectivity index (χ1) is 12.8. The number of rotatable bonds is 6. The molecule has 2 aliphatic heterocycles. The smallest absolute Gasteiger partial charge is 0.245 e. The number of hydrogen-bond acceptors (Lipinski definition) is 6. The van der Waals surface area contributed by atoms with Crippen LogP contribution in [0.15, 0.2) is 6.20 Å². The molecular formula is C17H26N6O4. The Kier molecular flexibility index (Phi) is 5.76. The van der Waals surface area contributed by atoms with Crippen LogP contribution in [0, 0.1) is 6.92 Å². The predicted octanol–water partition coefficient (Wildman–Crippen LogP) is -1.71. The summed E-state index contributed by atoms with van der Waals surface area (Å²) < 4.78 is 0. The Balaban J connectivity index is 1.75. The van der Waals surface area contributed by atoms with Crippen molar-refractivity contribution in [2.45, 2.75) is 63.4 Å². The van der Waals surface area contributed by atoms with E-state index in [0.717, 1.165) is 6.42 Å². The Morgan fingerprint density at radius 2 is 2.26 bits per heavy atom. The standard InChI is InChI=1S/C17H26N6O4/c1-9-19-8-10(20-9)7-12(22-16(26)11-4-5-14(24)21-11)17(27)23-6-2-3-13(23)15(18)25/h8,11-13,15,25H,2-7,18H2,1H3,(H,19,20)(H,21,24)(H,22,26). The quantitative estimate of drug-likeness (QED) is 0.372. The van der Waals surface area contributed by atoms with Crippen molar-refractivity contribution in [3.05, 3.63) is 17.7 Å². The van der Waals surface area contributed by atoms with Crippen LogP contribution in [0.2, 0.25) is 0 Å². The lowest BCUT2D eigenvalue weighted by Crippen LogP contribution is -2.56. The van der Waals surface area contributed by atoms with E-state index in [1.165, 1.54) is 4.90 Å². The average molecular weight is 378 g/mol. The molecule has 1 aromatic rings. The van der Waals surface area contributed by atoms with Gasteiger partial charge in [-0.25, -0.2) is 4.98 Å². The first-order valence-corrected chi connectivity index (χ1v) is 9.20. The number of likely N-dealkylation sites (tertiary alicyclic amines) is 1. The minimum atomic E-state index is -1.13. The van der Waals surface area contributed by atoms with Crippen molar-refractivity contribution in [1.82, 2.24) is 25.5 Å². The highest BCUT2D eigenvalue weighted by atomic mass is 16.3. The number of aliphatic hydroxyl groups is 1. The van der Waals surface area contributed by atoms with E-state index in [9.17, 15) is 19.5 Å². The number of carbonyl (C=O) groups excluding carboxylic acids is 3. The minimum Gasteiger partial charge on any atom is -0.377 e. The van der Waals surface area contributed by atoms with Crippen LogP contribution in [0.25, 0.3) is 0 Å². The van der Waals surface area contributed by atoms with E-state index >= 15 is 0 Å². The number of nitrogens with zero attached hydrogens (tertiary/aromatic N) is 2. The Morgan fingerprint density at radius 1 is 1.48 bits per heavy atom. The first kappa shape index (κ1) is 19.3. The highest BCUT2D eigenvalue weighted by Gasteiger charge is 2.38. The summed E-state index contributed by atoms with van der Waals surface area (Å²) >= 11 is 0. The van der Waals surface area contributed by atoms with Crippen molar-refractivity contribution >= 4 is 17.7 Å². The third-order valence-electron chi connectivity index (χ3n) is 5.08. The fourth-order valence-corrected chi connectivity index (χ4v) is 3.69. The molecule has 10 heteroatoms. The fourth-order valence-electron chi connectivity index (χ4n) is 3.69. The number of aliphatic hydroxyl groups excluding tert-OH is 1. The molecule has 2 aliphatic rings. The highest BCUT2D eigenvalue weighted by Crippen LogP contribution is 2.20. The van der Waals surface area contributed by atoms with Gasteiger partial charge in [-0.15, -0.1) is 0 Å². The van der Waals surface area contributed by atoms with Crippen LogP contribution in [-0.4, -0.2) is 68.6 Å². The Morgan fingerprint density at radius 3 is 2.85 bits per heavy atom. The SMILES string of the molecule is Cc1nc(CC(NC(=O)C2CCC(=O)N2)C(=O)N2CCCC2C(N)O)c[nH]1. The van der Waals surface area contributed by atoms with Crippen LogP contribution in [0.4, 0.5) is 0 Å². The molecule has 2 fully saturated rings. The molecule has 148 valence electrons. The van der Waals surface area contributed by atoms with E-state index in [-0.39, 0.29) is 18.2 Å². The van der Waals surface area contributed by atoms with Gasteiger partial charge in [-0.1, -0.05) is 0 Å². The zero-order valence-electron chi connectivity index (χ0n) is 15.3. The van der Waals surface area contributed by atoms with E-state index in [4.69, 9.17) is 5.73 Å². The number of aromatic amines is 1. The number of carbonyl (C=O) groups is 3. The van der Waals surface area contributed by atoms with Crippen LogP contribution < -0.4 is 16.4 Å². The summed E-state index contributed by atoms with van der Waals surface area (Å²) in [6, 6.07) is -1.95. The summed E-state index contributed by atoms with van der Waals surface area (Å²) in [5.41, 5.74) is 6.25. The molecule has 3 amide bonds. The van der Waals surface area contributed by atoms with Gasteiger partial charge in [-0.2, -0.15) is 0 Å². The van der Waals surface area contributed by atoms with Gasteiger partial charge in [0.05, 0.1) is 11.7 Å². The van der Waals surface area contributed by atoms with Gasteiger partial charge in [0.25, 0.3) is 0 Å². The monoisotopic (exact) mass is 378 g/mol. The second-order valence-electron chi connectivity index (χ2n) is 7.13. The van der Waals surface area contributed by atoms with Gasteiger partial charge < -0.3 is 31.4 Å². The van der Waals surface area contributed by atoms with Gasteiger partial charge >= 0.3 is 0 Å². The zero-order chi connectivity index (χ0) is 19.6. The van der Waals surface area contributed by atoms with Crippen LogP contribution in [0.3, 0.4) is 0 Å². The summed E-state index contributed by atoms with van der Waals surface area (Å²) in [6.07, 6.45) is 2.83. The lowest BCUT2D eigenvalue weighted by Gasteiger charge is -2.30. The molecule has 0 aromatic carbocycles. The normalized spacial score (nSPS) is 24.6. The minimum absolute atomic E-state index is 0.174. The van der Waals surface area contributed by atoms with Crippen molar-refractivity contribution in [3.8, 4) is 0 Å². The Hall–Kier alpha value is -2.46. The molecule has 6 N–H and O–H groups in total. The van der Waals surface area contributed by atoms with E-state index in [1.54, 1.807) is 13.1 Å². The fraction of sp³-hybridized carbons (Fsp3) is 0.647. The van der Waals surface area contributed by atoms with Crippen LogP contribution in [0.1, 0.15) is 37.2 Å². The second kappa shape index (κ2) is 8.05. The highest BCUT2D eigenvalue weighted by molar-refractivity contribution is 5.94. The summed E-state index contributed by atoms with van der Waals surface area (Å²) in [4.78, 5) is 45.8. The maximum Gasteiger partial charge on any atom is 0.245 e. The topological polar surface area (TPSA) is 153 Å². The zero-order valence-corrected chi connectivity index (χ0v) is 15.3. The third kappa shape index (κ3) is 4.45. The van der Waals surface area contributed by atoms with Gasteiger partial charge in [-0.3, -0.25) is 14.4 Å². The van der Waals surface area contributed by atoms with Gasteiger partial charge in [0.2, 0.25) is 17.7 Å². The number of aryl methyl sites for hydroxylation is 1. The molecule has 27 heavy (non-hydrogen) atoms. The molecule has 4 unspecified atom stereocenters. The average Bonchev–Trinajstić information content (AvgIpc) is 3.34. The maximum absolute atomic E-state index is 13.1. The number of aromatic nitrogens is 2. The molecule has 0 aliphatic carbocycles. The lowest BCUT2D eigenvalue weighted by atomic mass is 10.1. The molecule has 2 saturated heterocycles. The van der Waals surface area contributed by atoms with Crippen LogP contribution in [-0.2, 0) is 20.8 Å². The van der Waals surface area contributed by atoms with Crippen molar-refractivity contribution in [1.29, 1.82) is 0 Å².